The maximum atomic E-state index is 12.4. The van der Waals surface area contributed by atoms with E-state index >= 15 is 0 Å². The van der Waals surface area contributed by atoms with Gasteiger partial charge < -0.3 is 18.9 Å². The molecule has 1 aliphatic rings. The van der Waals surface area contributed by atoms with Crippen LogP contribution >= 0.6 is 0 Å². The van der Waals surface area contributed by atoms with E-state index in [9.17, 15) is 19.7 Å². The first-order valence-corrected chi connectivity index (χ1v) is 10.2. The number of hydrogen-bond acceptors (Lipinski definition) is 9. The molecule has 0 bridgehead atoms. The van der Waals surface area contributed by atoms with Crippen LogP contribution in [0.5, 0.6) is 11.5 Å². The Labute approximate surface area is 189 Å². The minimum absolute atomic E-state index is 0.00753. The number of esters is 2. The van der Waals surface area contributed by atoms with Crippen molar-refractivity contribution in [3.05, 3.63) is 68.9 Å². The predicted octanol–water partition coefficient (Wildman–Crippen LogP) is 3.59. The summed E-state index contributed by atoms with van der Waals surface area (Å²) >= 11 is 0. The Bertz CT molecular complexity index is 1150. The van der Waals surface area contributed by atoms with E-state index in [0.717, 1.165) is 0 Å². The quantitative estimate of drug-likeness (QED) is 0.243. The topological polar surface area (TPSA) is 127 Å². The number of nitro groups is 1. The van der Waals surface area contributed by atoms with Crippen molar-refractivity contribution < 1.29 is 33.5 Å². The molecule has 1 aliphatic heterocycles. The highest BCUT2D eigenvalue weighted by atomic mass is 16.6. The summed E-state index contributed by atoms with van der Waals surface area (Å²) in [6.45, 7) is 5.40. The van der Waals surface area contributed by atoms with Crippen LogP contribution in [0, 0.1) is 17.0 Å². The molecule has 172 valence electrons. The molecule has 2 aromatic carbocycles. The van der Waals surface area contributed by atoms with Crippen molar-refractivity contribution in [2.75, 3.05) is 19.8 Å². The van der Waals surface area contributed by atoms with Gasteiger partial charge in [-0.3, -0.25) is 10.1 Å². The molecular formula is C23H22N2O8. The highest BCUT2D eigenvalue weighted by Crippen LogP contribution is 2.31. The molecule has 10 nitrogen and oxygen atoms in total. The lowest BCUT2D eigenvalue weighted by atomic mass is 10.1. The molecule has 0 aliphatic carbocycles. The third kappa shape index (κ3) is 5.53. The predicted molar refractivity (Wildman–Crippen MR) is 118 cm³/mol. The average molecular weight is 454 g/mol. The van der Waals surface area contributed by atoms with Gasteiger partial charge in [0.25, 0.3) is 5.69 Å². The molecule has 0 saturated heterocycles. The van der Waals surface area contributed by atoms with Crippen LogP contribution < -0.4 is 9.47 Å². The molecule has 0 aromatic heterocycles. The van der Waals surface area contributed by atoms with Crippen LogP contribution in [0.25, 0.3) is 6.08 Å². The van der Waals surface area contributed by atoms with Crippen molar-refractivity contribution in [1.82, 2.24) is 0 Å². The van der Waals surface area contributed by atoms with Crippen LogP contribution in [0.3, 0.4) is 0 Å². The van der Waals surface area contributed by atoms with Crippen molar-refractivity contribution in [3.8, 4) is 11.5 Å². The second kappa shape index (κ2) is 10.4. The van der Waals surface area contributed by atoms with Gasteiger partial charge in [0.05, 0.1) is 18.1 Å². The Morgan fingerprint density at radius 2 is 1.94 bits per heavy atom. The molecular weight excluding hydrogens is 432 g/mol. The molecule has 10 heteroatoms. The summed E-state index contributed by atoms with van der Waals surface area (Å²) in [5, 5.41) is 11.2. The zero-order valence-electron chi connectivity index (χ0n) is 18.3. The molecule has 0 radical (unpaired) electrons. The zero-order chi connectivity index (χ0) is 24.0. The van der Waals surface area contributed by atoms with E-state index in [-0.39, 0.29) is 30.5 Å². The zero-order valence-corrected chi connectivity index (χ0v) is 18.3. The smallest absolute Gasteiger partial charge is 0.363 e. The largest absolute Gasteiger partial charge is 0.490 e. The average Bonchev–Trinajstić information content (AvgIpc) is 3.13. The van der Waals surface area contributed by atoms with Crippen LogP contribution in [-0.2, 0) is 19.1 Å². The fourth-order valence-electron chi connectivity index (χ4n) is 3.08. The Hall–Kier alpha value is -4.21. The number of nitrogens with zero attached hydrogens (tertiary/aromatic N) is 2. The molecule has 0 spiro atoms. The van der Waals surface area contributed by atoms with E-state index in [1.807, 2.05) is 0 Å². The first-order valence-electron chi connectivity index (χ1n) is 10.2. The van der Waals surface area contributed by atoms with E-state index in [1.54, 1.807) is 45.0 Å². The molecule has 0 amide bonds. The molecule has 0 saturated carbocycles. The minimum Gasteiger partial charge on any atom is -0.490 e. The molecule has 0 N–H and O–H groups in total. The summed E-state index contributed by atoms with van der Waals surface area (Å²) in [6, 6.07) is 9.37. The van der Waals surface area contributed by atoms with E-state index < -0.39 is 16.9 Å². The number of rotatable bonds is 9. The number of ether oxygens (including phenoxy) is 4. The Morgan fingerprint density at radius 1 is 1.15 bits per heavy atom. The van der Waals surface area contributed by atoms with Crippen LogP contribution in [-0.4, -0.2) is 42.6 Å². The lowest BCUT2D eigenvalue weighted by molar-refractivity contribution is -0.385. The van der Waals surface area contributed by atoms with Crippen LogP contribution in [0.2, 0.25) is 0 Å². The number of aliphatic imine (C=N–C) groups is 1. The van der Waals surface area contributed by atoms with E-state index in [0.29, 0.717) is 34.8 Å². The van der Waals surface area contributed by atoms with Crippen molar-refractivity contribution >= 4 is 29.6 Å². The maximum Gasteiger partial charge on any atom is 0.363 e. The third-order valence-corrected chi connectivity index (χ3v) is 4.57. The fraction of sp³-hybridized carbons (Fsp3) is 0.261. The lowest BCUT2D eigenvalue weighted by Gasteiger charge is -2.12. The van der Waals surface area contributed by atoms with Crippen LogP contribution in [0.1, 0.15) is 30.5 Å². The first kappa shape index (κ1) is 23.5. The van der Waals surface area contributed by atoms with Crippen molar-refractivity contribution in [2.45, 2.75) is 20.8 Å². The van der Waals surface area contributed by atoms with Gasteiger partial charge in [0.15, 0.2) is 23.8 Å². The van der Waals surface area contributed by atoms with Gasteiger partial charge in [-0.2, -0.15) is 0 Å². The van der Waals surface area contributed by atoms with Crippen LogP contribution in [0.15, 0.2) is 47.1 Å². The highest BCUT2D eigenvalue weighted by Gasteiger charge is 2.27. The van der Waals surface area contributed by atoms with Crippen LogP contribution in [0.4, 0.5) is 5.69 Å². The standard InChI is InChI=1S/C23H22N2O8/c1-4-30-20-12-15(9-10-19(20)32-13-21(26)31-5-2)11-17-23(27)33-22(24-17)16-7-6-8-18(14(16)3)25(28)29/h6-12H,4-5,13H2,1-3H3/b17-11-. The number of nitro benzene ring substituents is 1. The van der Waals surface area contributed by atoms with Crippen molar-refractivity contribution in [1.29, 1.82) is 0 Å². The molecule has 3 rings (SSSR count). The number of carbonyl (C=O) groups excluding carboxylic acids is 2. The highest BCUT2D eigenvalue weighted by molar-refractivity contribution is 6.13. The van der Waals surface area contributed by atoms with Gasteiger partial charge in [-0.25, -0.2) is 14.6 Å². The first-order chi connectivity index (χ1) is 15.8. The molecule has 33 heavy (non-hydrogen) atoms. The summed E-state index contributed by atoms with van der Waals surface area (Å²) in [5.74, 6) is -0.472. The summed E-state index contributed by atoms with van der Waals surface area (Å²) in [6.07, 6.45) is 1.50. The van der Waals surface area contributed by atoms with Gasteiger partial charge in [0.2, 0.25) is 5.90 Å². The second-order valence-electron chi connectivity index (χ2n) is 6.78. The summed E-state index contributed by atoms with van der Waals surface area (Å²) in [4.78, 5) is 38.8. The molecule has 0 unspecified atom stereocenters. The monoisotopic (exact) mass is 454 g/mol. The van der Waals surface area contributed by atoms with Gasteiger partial charge in [-0.05, 0) is 50.6 Å². The van der Waals surface area contributed by atoms with Gasteiger partial charge in [-0.1, -0.05) is 12.1 Å². The molecule has 0 fully saturated rings. The van der Waals surface area contributed by atoms with Gasteiger partial charge in [0.1, 0.15) is 0 Å². The number of hydrogen-bond donors (Lipinski definition) is 0. The number of cyclic esters (lactones) is 1. The Kier molecular flexibility index (Phi) is 7.39. The van der Waals surface area contributed by atoms with E-state index in [4.69, 9.17) is 18.9 Å². The fourth-order valence-corrected chi connectivity index (χ4v) is 3.08. The molecule has 1 heterocycles. The summed E-state index contributed by atoms with van der Waals surface area (Å²) in [7, 11) is 0. The Morgan fingerprint density at radius 3 is 2.64 bits per heavy atom. The van der Waals surface area contributed by atoms with E-state index in [2.05, 4.69) is 4.99 Å². The lowest BCUT2D eigenvalue weighted by Crippen LogP contribution is -2.15. The SMILES string of the molecule is CCOC(=O)COc1ccc(/C=C2\N=C(c3cccc([N+](=O)[O-])c3C)OC2=O)cc1OCC. The second-order valence-corrected chi connectivity index (χ2v) is 6.78. The van der Waals surface area contributed by atoms with Gasteiger partial charge in [-0.15, -0.1) is 0 Å². The molecule has 0 atom stereocenters. The Balaban J connectivity index is 1.88. The van der Waals surface area contributed by atoms with Gasteiger partial charge >= 0.3 is 11.9 Å². The molecule has 2 aromatic rings. The summed E-state index contributed by atoms with van der Waals surface area (Å²) < 4.78 is 21.2. The van der Waals surface area contributed by atoms with Crippen molar-refractivity contribution in [2.24, 2.45) is 4.99 Å². The number of benzene rings is 2. The maximum absolute atomic E-state index is 12.4. The van der Waals surface area contributed by atoms with Gasteiger partial charge in [0, 0.05) is 17.2 Å². The van der Waals surface area contributed by atoms with E-state index in [1.165, 1.54) is 18.2 Å². The number of carbonyl (C=O) groups is 2. The van der Waals surface area contributed by atoms with Crippen molar-refractivity contribution in [3.63, 3.8) is 0 Å². The minimum atomic E-state index is -0.684. The third-order valence-electron chi connectivity index (χ3n) is 4.57. The normalized spacial score (nSPS) is 14.0. The summed E-state index contributed by atoms with van der Waals surface area (Å²) in [5.41, 5.74) is 1.22.